The number of rotatable bonds is 3. The number of halogens is 3. The molecule has 5 heteroatoms. The molecule has 21 heavy (non-hydrogen) atoms. The number of fused-ring (bicyclic) bond motifs is 3. The first-order valence-electron chi connectivity index (χ1n) is 7.23. The molecule has 3 aliphatic carbocycles. The molecule has 0 heterocycles. The fourth-order valence-corrected chi connectivity index (χ4v) is 3.56. The Labute approximate surface area is 121 Å². The summed E-state index contributed by atoms with van der Waals surface area (Å²) in [5.74, 6) is -2.74. The minimum Gasteiger partial charge on any atom is -0.508 e. The van der Waals surface area contributed by atoms with Gasteiger partial charge in [-0.15, -0.1) is 0 Å². The van der Waals surface area contributed by atoms with Gasteiger partial charge in [0.05, 0.1) is 6.61 Å². The van der Waals surface area contributed by atoms with Crippen LogP contribution in [0.1, 0.15) is 32.6 Å². The molecule has 116 valence electrons. The van der Waals surface area contributed by atoms with Gasteiger partial charge in [0.15, 0.2) is 6.17 Å². The first-order valence-corrected chi connectivity index (χ1v) is 7.23. The van der Waals surface area contributed by atoms with Crippen LogP contribution in [-0.2, 0) is 0 Å². The number of alkyl halides is 3. The third-order valence-electron chi connectivity index (χ3n) is 5.37. The molecule has 0 aromatic heterocycles. The van der Waals surface area contributed by atoms with Crippen molar-refractivity contribution in [1.82, 2.24) is 0 Å². The molecule has 2 nitrogen and oxygen atoms in total. The highest BCUT2D eigenvalue weighted by Gasteiger charge is 2.70. The summed E-state index contributed by atoms with van der Waals surface area (Å²) in [6.45, 7) is 1.44. The number of aromatic hydroxyl groups is 1. The molecular weight excluding hydrogens is 281 g/mol. The van der Waals surface area contributed by atoms with Gasteiger partial charge < -0.3 is 9.84 Å². The zero-order chi connectivity index (χ0) is 15.3. The highest BCUT2D eigenvalue weighted by atomic mass is 19.3. The summed E-state index contributed by atoms with van der Waals surface area (Å²) in [6.07, 6.45) is -0.635. The first-order chi connectivity index (χ1) is 9.79. The zero-order valence-electron chi connectivity index (χ0n) is 11.9. The number of hydrogen-bond donors (Lipinski definition) is 1. The van der Waals surface area contributed by atoms with Gasteiger partial charge in [-0.05, 0) is 49.9 Å². The van der Waals surface area contributed by atoms with E-state index in [0.717, 1.165) is 0 Å². The first kappa shape index (κ1) is 14.5. The molecule has 1 unspecified atom stereocenters. The van der Waals surface area contributed by atoms with Crippen LogP contribution in [0.25, 0.3) is 0 Å². The van der Waals surface area contributed by atoms with Crippen molar-refractivity contribution >= 4 is 0 Å². The molecule has 0 amide bonds. The van der Waals surface area contributed by atoms with Crippen LogP contribution in [0.2, 0.25) is 0 Å². The van der Waals surface area contributed by atoms with E-state index in [2.05, 4.69) is 0 Å². The van der Waals surface area contributed by atoms with E-state index in [-0.39, 0.29) is 12.4 Å². The topological polar surface area (TPSA) is 29.5 Å². The molecule has 1 aromatic carbocycles. The molecule has 1 N–H and O–H groups in total. The van der Waals surface area contributed by atoms with Crippen LogP contribution in [0.4, 0.5) is 13.2 Å². The summed E-state index contributed by atoms with van der Waals surface area (Å²) < 4.78 is 48.5. The number of ether oxygens (including phenoxy) is 1. The summed E-state index contributed by atoms with van der Waals surface area (Å²) in [5.41, 5.74) is -2.31. The normalized spacial score (nSPS) is 37.4. The van der Waals surface area contributed by atoms with E-state index < -0.39 is 22.9 Å². The second-order valence-electron chi connectivity index (χ2n) is 6.69. The lowest BCUT2D eigenvalue weighted by atomic mass is 9.52. The van der Waals surface area contributed by atoms with Gasteiger partial charge in [0.1, 0.15) is 11.5 Å². The van der Waals surface area contributed by atoms with Gasteiger partial charge in [0.25, 0.3) is 5.92 Å². The molecule has 3 aliphatic rings. The maximum absolute atomic E-state index is 14.5. The number of phenolic OH excluding ortho intramolecular Hbond substituents is 1. The minimum atomic E-state index is -3.29. The van der Waals surface area contributed by atoms with Crippen molar-refractivity contribution < 1.29 is 23.0 Å². The predicted molar refractivity (Wildman–Crippen MR) is 72.5 cm³/mol. The second-order valence-corrected chi connectivity index (χ2v) is 6.69. The Bertz CT molecular complexity index is 519. The largest absolute Gasteiger partial charge is 0.508 e. The van der Waals surface area contributed by atoms with Gasteiger partial charge >= 0.3 is 0 Å². The van der Waals surface area contributed by atoms with Crippen molar-refractivity contribution in [3.8, 4) is 11.5 Å². The summed E-state index contributed by atoms with van der Waals surface area (Å²) >= 11 is 0. The lowest BCUT2D eigenvalue weighted by molar-refractivity contribution is -0.267. The quantitative estimate of drug-likeness (QED) is 0.900. The summed E-state index contributed by atoms with van der Waals surface area (Å²) in [6, 6.07) is 6.00. The Morgan fingerprint density at radius 1 is 1.14 bits per heavy atom. The molecular formula is C16H19F3O2. The van der Waals surface area contributed by atoms with E-state index in [0.29, 0.717) is 31.4 Å². The van der Waals surface area contributed by atoms with Crippen LogP contribution >= 0.6 is 0 Å². The Hall–Kier alpha value is -1.39. The molecule has 0 spiro atoms. The van der Waals surface area contributed by atoms with Gasteiger partial charge in [0, 0.05) is 10.8 Å². The van der Waals surface area contributed by atoms with E-state index in [1.165, 1.54) is 19.1 Å². The molecule has 1 aromatic rings. The molecule has 4 rings (SSSR count). The monoisotopic (exact) mass is 300 g/mol. The van der Waals surface area contributed by atoms with Crippen LogP contribution in [0.15, 0.2) is 24.3 Å². The van der Waals surface area contributed by atoms with E-state index in [1.54, 1.807) is 12.1 Å². The highest BCUT2D eigenvalue weighted by Crippen LogP contribution is 2.64. The van der Waals surface area contributed by atoms with Crippen molar-refractivity contribution in [2.24, 2.45) is 10.8 Å². The van der Waals surface area contributed by atoms with Crippen LogP contribution in [0.5, 0.6) is 11.5 Å². The van der Waals surface area contributed by atoms with Gasteiger partial charge in [-0.2, -0.15) is 0 Å². The fraction of sp³-hybridized carbons (Fsp3) is 0.625. The van der Waals surface area contributed by atoms with Crippen LogP contribution < -0.4 is 4.74 Å². The van der Waals surface area contributed by atoms with Crippen LogP contribution in [0.3, 0.4) is 0 Å². The van der Waals surface area contributed by atoms with E-state index in [9.17, 15) is 18.3 Å². The van der Waals surface area contributed by atoms with E-state index in [1.807, 2.05) is 0 Å². The Kier molecular flexibility index (Phi) is 3.15. The Morgan fingerprint density at radius 3 is 2.29 bits per heavy atom. The third-order valence-corrected chi connectivity index (χ3v) is 5.37. The number of phenols is 1. The zero-order valence-corrected chi connectivity index (χ0v) is 11.9. The SMILES string of the molecule is CC12CCC(COc3ccc(O)cc3)(CC1)C(F)C2(F)F. The smallest absolute Gasteiger partial charge is 0.284 e. The average Bonchev–Trinajstić information content (AvgIpc) is 2.46. The van der Waals surface area contributed by atoms with Crippen molar-refractivity contribution in [1.29, 1.82) is 0 Å². The van der Waals surface area contributed by atoms with E-state index >= 15 is 0 Å². The van der Waals surface area contributed by atoms with Crippen LogP contribution in [0, 0.1) is 10.8 Å². The third kappa shape index (κ3) is 2.09. The lowest BCUT2D eigenvalue weighted by Gasteiger charge is -2.57. The summed E-state index contributed by atoms with van der Waals surface area (Å²) in [4.78, 5) is 0. The molecule has 3 fully saturated rings. The minimum absolute atomic E-state index is 0.0510. The second kappa shape index (κ2) is 4.55. The van der Waals surface area contributed by atoms with Crippen molar-refractivity contribution in [2.45, 2.75) is 44.7 Å². The maximum Gasteiger partial charge on any atom is 0.284 e. The molecule has 0 saturated heterocycles. The number of benzene rings is 1. The molecule has 0 radical (unpaired) electrons. The van der Waals surface area contributed by atoms with Crippen LogP contribution in [-0.4, -0.2) is 23.8 Å². The van der Waals surface area contributed by atoms with Crippen molar-refractivity contribution in [2.75, 3.05) is 6.61 Å². The number of hydrogen-bond acceptors (Lipinski definition) is 2. The van der Waals surface area contributed by atoms with Gasteiger partial charge in [-0.3, -0.25) is 0 Å². The molecule has 3 saturated carbocycles. The Morgan fingerprint density at radius 2 is 1.71 bits per heavy atom. The fourth-order valence-electron chi connectivity index (χ4n) is 3.56. The standard InChI is InChI=1S/C16H19F3O2/c1-14-6-8-15(9-7-14,13(17)16(14,18)19)10-21-12-4-2-11(20)3-5-12/h2-5,13,20H,6-10H2,1H3. The maximum atomic E-state index is 14.5. The van der Waals surface area contributed by atoms with E-state index in [4.69, 9.17) is 4.74 Å². The lowest BCUT2D eigenvalue weighted by Crippen LogP contribution is -2.64. The summed E-state index contributed by atoms with van der Waals surface area (Å²) in [5, 5.41) is 9.20. The van der Waals surface area contributed by atoms with Crippen molar-refractivity contribution in [3.63, 3.8) is 0 Å². The summed E-state index contributed by atoms with van der Waals surface area (Å²) in [7, 11) is 0. The Balaban J connectivity index is 1.77. The predicted octanol–water partition coefficient (Wildman–Crippen LogP) is 4.32. The van der Waals surface area contributed by atoms with Gasteiger partial charge in [0.2, 0.25) is 0 Å². The molecule has 2 bridgehead atoms. The van der Waals surface area contributed by atoms with Gasteiger partial charge in [-0.1, -0.05) is 6.92 Å². The molecule has 0 aliphatic heterocycles. The molecule has 1 atom stereocenters. The van der Waals surface area contributed by atoms with Gasteiger partial charge in [-0.25, -0.2) is 13.2 Å². The highest BCUT2D eigenvalue weighted by molar-refractivity contribution is 5.30. The average molecular weight is 300 g/mol. The van der Waals surface area contributed by atoms with Crippen molar-refractivity contribution in [3.05, 3.63) is 24.3 Å².